The number of rotatable bonds is 8. The first-order valence-corrected chi connectivity index (χ1v) is 22.0. The minimum atomic E-state index is -0.540. The molecular formula is C46H59N15O5. The number of nitrogens with zero attached hydrogens (tertiary/aromatic N) is 10. The van der Waals surface area contributed by atoms with Crippen LogP contribution in [0.5, 0.6) is 0 Å². The van der Waals surface area contributed by atoms with E-state index in [9.17, 15) is 14.7 Å². The second-order valence-electron chi connectivity index (χ2n) is 18.4. The standard InChI is InChI=1S/C23H30N8O2.C23H29N7O3/c1-23(2,3)33-22(32)31-9-5-8-16(13-31)20-28-21(30-29-20)18-19(25)26-12-17(27-18)15-7-4-6-14(10-15)11-24;1-23(2,3)33-22(32)30-9-5-8-16(12-30)20-27-21(29-28-20)18-19(24)25-11-17(26-18)15-7-4-6-14(10-15)13-31/h4,6-7,10,12,16H,5,8-9,11,13,24H2,1-3H3,(H2,25,26)(H,28,29,30);4,6-7,10-11,16,31H,5,8-9,12-13H2,1-3H3,(H2,24,25)(H,27,28,29). The van der Waals surface area contributed by atoms with Gasteiger partial charge in [0.2, 0.25) is 11.6 Å². The van der Waals surface area contributed by atoms with Gasteiger partial charge in [0.1, 0.15) is 22.9 Å². The van der Waals surface area contributed by atoms with Crippen molar-refractivity contribution in [2.75, 3.05) is 37.6 Å². The molecule has 2 saturated heterocycles. The molecule has 2 fully saturated rings. The zero-order chi connectivity index (χ0) is 47.2. The Bertz CT molecular complexity index is 2460. The van der Waals surface area contributed by atoms with Crippen LogP contribution in [0, 0.1) is 0 Å². The van der Waals surface area contributed by atoms with E-state index in [2.05, 4.69) is 50.3 Å². The quantitative estimate of drug-likeness (QED) is 0.0991. The zero-order valence-electron chi connectivity index (χ0n) is 38.3. The zero-order valence-corrected chi connectivity index (χ0v) is 38.3. The number of nitrogen functional groups attached to an aromatic ring is 2. The van der Waals surface area contributed by atoms with Crippen LogP contribution in [-0.2, 0) is 22.6 Å². The number of benzene rings is 2. The summed E-state index contributed by atoms with van der Waals surface area (Å²) in [4.78, 5) is 55.6. The molecule has 2 aliphatic rings. The molecule has 2 atom stereocenters. The molecule has 4 aromatic heterocycles. The van der Waals surface area contributed by atoms with Crippen molar-refractivity contribution in [3.63, 3.8) is 0 Å². The first kappa shape index (κ1) is 46.9. The molecule has 0 radical (unpaired) electrons. The first-order chi connectivity index (χ1) is 31.5. The van der Waals surface area contributed by atoms with Crippen molar-refractivity contribution < 1.29 is 24.2 Å². The Morgan fingerprint density at radius 3 is 1.56 bits per heavy atom. The van der Waals surface area contributed by atoms with Gasteiger partial charge < -0.3 is 41.6 Å². The molecule has 0 bridgehead atoms. The highest BCUT2D eigenvalue weighted by molar-refractivity contribution is 5.71. The number of H-pyrrole nitrogens is 2. The lowest BCUT2D eigenvalue weighted by atomic mass is 9.98. The van der Waals surface area contributed by atoms with E-state index in [1.165, 1.54) is 0 Å². The molecule has 2 aliphatic heterocycles. The Morgan fingerprint density at radius 2 is 1.14 bits per heavy atom. The van der Waals surface area contributed by atoms with E-state index in [0.717, 1.165) is 47.9 Å². The Morgan fingerprint density at radius 1 is 0.697 bits per heavy atom. The van der Waals surface area contributed by atoms with Crippen molar-refractivity contribution in [1.29, 1.82) is 0 Å². The van der Waals surface area contributed by atoms with Crippen LogP contribution in [0.15, 0.2) is 60.9 Å². The molecule has 2 aromatic carbocycles. The number of amides is 2. The predicted molar refractivity (Wildman–Crippen MR) is 248 cm³/mol. The van der Waals surface area contributed by atoms with Crippen LogP contribution >= 0.6 is 0 Å². The molecule has 348 valence electrons. The third kappa shape index (κ3) is 11.8. The third-order valence-corrected chi connectivity index (χ3v) is 10.8. The van der Waals surface area contributed by atoms with Gasteiger partial charge in [0.05, 0.1) is 30.4 Å². The Hall–Kier alpha value is -7.06. The summed E-state index contributed by atoms with van der Waals surface area (Å²) in [5, 5.41) is 24.1. The fourth-order valence-electron chi connectivity index (χ4n) is 7.60. The average Bonchev–Trinajstić information content (AvgIpc) is 4.00. The number of nitrogens with two attached hydrogens (primary N) is 3. The number of carbonyl (C=O) groups excluding carboxylic acids is 2. The first-order valence-electron chi connectivity index (χ1n) is 22.0. The van der Waals surface area contributed by atoms with Crippen LogP contribution in [0.4, 0.5) is 21.2 Å². The maximum atomic E-state index is 12.5. The maximum Gasteiger partial charge on any atom is 0.410 e. The van der Waals surface area contributed by atoms with Crippen LogP contribution in [0.25, 0.3) is 45.6 Å². The molecule has 6 heterocycles. The highest BCUT2D eigenvalue weighted by Crippen LogP contribution is 2.31. The highest BCUT2D eigenvalue weighted by atomic mass is 16.6. The van der Waals surface area contributed by atoms with Crippen LogP contribution < -0.4 is 17.2 Å². The summed E-state index contributed by atoms with van der Waals surface area (Å²) in [5.41, 5.74) is 22.4. The molecule has 8 rings (SSSR count). The van der Waals surface area contributed by atoms with Gasteiger partial charge in [-0.3, -0.25) is 10.2 Å². The summed E-state index contributed by atoms with van der Waals surface area (Å²) < 4.78 is 11.0. The normalized spacial score (nSPS) is 16.6. The summed E-state index contributed by atoms with van der Waals surface area (Å²) in [6.45, 7) is 13.9. The van der Waals surface area contributed by atoms with Gasteiger partial charge in [-0.2, -0.15) is 10.2 Å². The summed E-state index contributed by atoms with van der Waals surface area (Å²) in [6, 6.07) is 15.2. The minimum Gasteiger partial charge on any atom is -0.444 e. The maximum absolute atomic E-state index is 12.5. The average molecular weight is 902 g/mol. The fraction of sp³-hybridized carbons (Fsp3) is 0.435. The lowest BCUT2D eigenvalue weighted by molar-refractivity contribution is 0.0186. The van der Waals surface area contributed by atoms with Crippen molar-refractivity contribution in [3.05, 3.63) is 83.7 Å². The van der Waals surface area contributed by atoms with Crippen LogP contribution in [-0.4, -0.2) is 115 Å². The summed E-state index contributed by atoms with van der Waals surface area (Å²) in [6.07, 6.45) is 6.05. The number of hydrogen-bond acceptors (Lipinski definition) is 16. The van der Waals surface area contributed by atoms with Crippen LogP contribution in [0.1, 0.15) is 102 Å². The minimum absolute atomic E-state index is 0.00567. The van der Waals surface area contributed by atoms with Gasteiger partial charge in [-0.25, -0.2) is 39.5 Å². The summed E-state index contributed by atoms with van der Waals surface area (Å²) in [5.74, 6) is 2.59. The van der Waals surface area contributed by atoms with Gasteiger partial charge in [0.25, 0.3) is 0 Å². The van der Waals surface area contributed by atoms with Crippen LogP contribution in [0.3, 0.4) is 0 Å². The Labute approximate surface area is 383 Å². The lowest BCUT2D eigenvalue weighted by Gasteiger charge is -2.33. The van der Waals surface area contributed by atoms with E-state index in [4.69, 9.17) is 26.7 Å². The number of carbonyl (C=O) groups is 2. The van der Waals surface area contributed by atoms with Crippen molar-refractivity contribution in [1.82, 2.24) is 60.1 Å². The molecule has 66 heavy (non-hydrogen) atoms. The second kappa shape index (κ2) is 20.0. The topological polar surface area (TPSA) is 292 Å². The van der Waals surface area contributed by atoms with Crippen LogP contribution in [0.2, 0.25) is 0 Å². The number of nitrogens with one attached hydrogen (secondary N) is 2. The largest absolute Gasteiger partial charge is 0.444 e. The Kier molecular flexibility index (Phi) is 14.2. The lowest BCUT2D eigenvalue weighted by Crippen LogP contribution is -2.42. The monoisotopic (exact) mass is 901 g/mol. The predicted octanol–water partition coefficient (Wildman–Crippen LogP) is 6.20. The molecule has 0 aliphatic carbocycles. The second-order valence-corrected chi connectivity index (χ2v) is 18.4. The van der Waals surface area contributed by atoms with Gasteiger partial charge in [-0.1, -0.05) is 36.4 Å². The molecule has 20 heteroatoms. The number of aliphatic hydroxyl groups excluding tert-OH is 1. The van der Waals surface area contributed by atoms with Gasteiger partial charge in [0.15, 0.2) is 23.0 Å². The van der Waals surface area contributed by atoms with E-state index in [-0.39, 0.29) is 42.3 Å². The highest BCUT2D eigenvalue weighted by Gasteiger charge is 2.32. The van der Waals surface area contributed by atoms with Crippen molar-refractivity contribution >= 4 is 23.8 Å². The van der Waals surface area contributed by atoms with Gasteiger partial charge in [-0.15, -0.1) is 0 Å². The smallest absolute Gasteiger partial charge is 0.410 e. The number of anilines is 2. The molecule has 0 saturated carbocycles. The number of aromatic amines is 2. The summed E-state index contributed by atoms with van der Waals surface area (Å²) >= 11 is 0. The number of aromatic nitrogens is 10. The van der Waals surface area contributed by atoms with Crippen molar-refractivity contribution in [3.8, 4) is 45.6 Å². The van der Waals surface area contributed by atoms with E-state index < -0.39 is 11.2 Å². The van der Waals surface area contributed by atoms with E-state index in [1.807, 2.05) is 90.1 Å². The van der Waals surface area contributed by atoms with Gasteiger partial charge in [-0.05, 0) is 90.5 Å². The van der Waals surface area contributed by atoms with E-state index in [0.29, 0.717) is 78.8 Å². The van der Waals surface area contributed by atoms with E-state index in [1.54, 1.807) is 22.2 Å². The summed E-state index contributed by atoms with van der Waals surface area (Å²) in [7, 11) is 0. The molecule has 6 aromatic rings. The molecule has 9 N–H and O–H groups in total. The number of likely N-dealkylation sites (tertiary alicyclic amines) is 2. The SMILES string of the molecule is CC(C)(C)OC(=O)N1CCCC(c2nc(-c3nc(-c4cccc(CN)c4)cnc3N)n[nH]2)C1.CC(C)(C)OC(=O)N1CCCC(c2nc(-c3nc(-c4cccc(CO)c4)cnc3N)n[nH]2)C1. The van der Waals surface area contributed by atoms with Crippen molar-refractivity contribution in [2.45, 2.75) is 103 Å². The number of hydrogen-bond donors (Lipinski definition) is 6. The molecular weight excluding hydrogens is 843 g/mol. The van der Waals surface area contributed by atoms with Crippen molar-refractivity contribution in [2.24, 2.45) is 5.73 Å². The molecule has 20 nitrogen and oxygen atoms in total. The van der Waals surface area contributed by atoms with Gasteiger partial charge in [0, 0.05) is 55.7 Å². The number of ether oxygens (including phenoxy) is 2. The number of piperidine rings is 2. The van der Waals surface area contributed by atoms with Gasteiger partial charge >= 0.3 is 12.2 Å². The van der Waals surface area contributed by atoms with E-state index >= 15 is 0 Å². The Balaban J connectivity index is 0.000000196. The number of aliphatic hydroxyl groups is 1. The fourth-order valence-corrected chi connectivity index (χ4v) is 7.60. The molecule has 2 unspecified atom stereocenters. The molecule has 2 amide bonds. The molecule has 0 spiro atoms. The third-order valence-electron chi connectivity index (χ3n) is 10.8.